The lowest BCUT2D eigenvalue weighted by atomic mass is 9.86. The number of amides is 1. The number of unbranched alkanes of at least 4 members (excludes halogenated alkanes) is 3. The largest absolute Gasteiger partial charge is 0.416 e. The third-order valence-electron chi connectivity index (χ3n) is 5.46. The average molecular weight is 415 g/mol. The predicted octanol–water partition coefficient (Wildman–Crippen LogP) is 7.49. The zero-order valence-corrected chi connectivity index (χ0v) is 17.3. The van der Waals surface area contributed by atoms with Gasteiger partial charge in [0.15, 0.2) is 0 Å². The Balaban J connectivity index is 1.70. The second-order valence-corrected chi connectivity index (χ2v) is 7.87. The molecule has 0 heterocycles. The highest BCUT2D eigenvalue weighted by Gasteiger charge is 2.29. The number of carbonyl (C=O) groups is 1. The second kappa shape index (κ2) is 9.96. The number of carbonyl (C=O) groups excluding carboxylic acids is 1. The van der Waals surface area contributed by atoms with Gasteiger partial charge in [0.2, 0.25) is 5.91 Å². The minimum atomic E-state index is -4.32. The van der Waals surface area contributed by atoms with Crippen molar-refractivity contribution in [3.8, 4) is 0 Å². The lowest BCUT2D eigenvalue weighted by Crippen LogP contribution is -2.12. The molecule has 1 amide bonds. The van der Waals surface area contributed by atoms with Crippen molar-refractivity contribution in [2.24, 2.45) is 0 Å². The van der Waals surface area contributed by atoms with E-state index in [1.54, 1.807) is 0 Å². The summed E-state index contributed by atoms with van der Waals surface area (Å²) < 4.78 is 38.3. The van der Waals surface area contributed by atoms with Crippen LogP contribution in [0.3, 0.4) is 0 Å². The summed E-state index contributed by atoms with van der Waals surface area (Å²) in [7, 11) is 0. The quantitative estimate of drug-likeness (QED) is 0.466. The molecule has 0 saturated carbocycles. The maximum absolute atomic E-state index is 12.8. The Hall–Kier alpha value is -2.56. The van der Waals surface area contributed by atoms with Crippen LogP contribution in [0.25, 0.3) is 11.6 Å². The van der Waals surface area contributed by atoms with Gasteiger partial charge in [0.25, 0.3) is 0 Å². The Labute approximate surface area is 176 Å². The summed E-state index contributed by atoms with van der Waals surface area (Å²) in [6.07, 6.45) is 5.26. The van der Waals surface area contributed by atoms with Gasteiger partial charge in [-0.2, -0.15) is 13.2 Å². The fourth-order valence-corrected chi connectivity index (χ4v) is 3.85. The Morgan fingerprint density at radius 2 is 1.80 bits per heavy atom. The molecule has 0 atom stereocenters. The zero-order valence-electron chi connectivity index (χ0n) is 17.3. The van der Waals surface area contributed by atoms with E-state index in [1.165, 1.54) is 17.7 Å². The molecule has 0 saturated heterocycles. The maximum atomic E-state index is 12.8. The van der Waals surface area contributed by atoms with Crippen molar-refractivity contribution in [2.75, 3.05) is 5.32 Å². The lowest BCUT2D eigenvalue weighted by Gasteiger charge is -2.20. The molecule has 5 heteroatoms. The number of fused-ring (bicyclic) bond motifs is 1. The molecule has 0 aliphatic heterocycles. The van der Waals surface area contributed by atoms with Gasteiger partial charge in [0.1, 0.15) is 0 Å². The van der Waals surface area contributed by atoms with Crippen LogP contribution in [0.4, 0.5) is 18.9 Å². The number of hydrogen-bond donors (Lipinski definition) is 1. The number of allylic oxidation sites excluding steroid dienone is 1. The molecule has 0 bridgehead atoms. The SMILES string of the molecule is CCCCCCC(=O)Nc1ccc2c(c1)CCC/C2=C/c1ccc(C(F)(F)F)cc1. The average Bonchev–Trinajstić information content (AvgIpc) is 2.71. The van der Waals surface area contributed by atoms with E-state index in [0.717, 1.165) is 79.5 Å². The Kier molecular flexibility index (Phi) is 7.35. The highest BCUT2D eigenvalue weighted by Crippen LogP contribution is 2.35. The van der Waals surface area contributed by atoms with Gasteiger partial charge >= 0.3 is 6.18 Å². The summed E-state index contributed by atoms with van der Waals surface area (Å²) in [5.74, 6) is 0.0439. The molecular formula is C25H28F3NO. The molecule has 2 nitrogen and oxygen atoms in total. The van der Waals surface area contributed by atoms with Crippen LogP contribution < -0.4 is 5.32 Å². The van der Waals surface area contributed by atoms with Crippen molar-refractivity contribution >= 4 is 23.2 Å². The smallest absolute Gasteiger partial charge is 0.326 e. The van der Waals surface area contributed by atoms with Gasteiger partial charge in [-0.15, -0.1) is 0 Å². The van der Waals surface area contributed by atoms with Crippen molar-refractivity contribution in [2.45, 2.75) is 64.5 Å². The fourth-order valence-electron chi connectivity index (χ4n) is 3.85. The minimum absolute atomic E-state index is 0.0439. The monoisotopic (exact) mass is 415 g/mol. The van der Waals surface area contributed by atoms with Gasteiger partial charge in [0, 0.05) is 12.1 Å². The van der Waals surface area contributed by atoms with Crippen LogP contribution in [-0.2, 0) is 17.4 Å². The molecule has 30 heavy (non-hydrogen) atoms. The maximum Gasteiger partial charge on any atom is 0.416 e. The normalized spacial score (nSPS) is 15.1. The highest BCUT2D eigenvalue weighted by molar-refractivity contribution is 5.91. The number of aryl methyl sites for hydroxylation is 1. The van der Waals surface area contributed by atoms with Gasteiger partial charge < -0.3 is 5.32 Å². The fraction of sp³-hybridized carbons (Fsp3) is 0.400. The second-order valence-electron chi connectivity index (χ2n) is 7.87. The molecule has 160 valence electrons. The first-order chi connectivity index (χ1) is 14.4. The summed E-state index contributed by atoms with van der Waals surface area (Å²) in [6, 6.07) is 11.2. The van der Waals surface area contributed by atoms with Gasteiger partial charge in [-0.05, 0) is 72.2 Å². The molecule has 2 aromatic rings. The van der Waals surface area contributed by atoms with E-state index < -0.39 is 11.7 Å². The zero-order chi connectivity index (χ0) is 21.6. The first kappa shape index (κ1) is 22.1. The number of hydrogen-bond acceptors (Lipinski definition) is 1. The van der Waals surface area contributed by atoms with Crippen molar-refractivity contribution in [1.82, 2.24) is 0 Å². The van der Waals surface area contributed by atoms with Crippen LogP contribution in [0, 0.1) is 0 Å². The van der Waals surface area contributed by atoms with E-state index in [-0.39, 0.29) is 5.91 Å². The van der Waals surface area contributed by atoms with Gasteiger partial charge in [-0.1, -0.05) is 50.5 Å². The van der Waals surface area contributed by atoms with E-state index in [0.29, 0.717) is 6.42 Å². The molecular weight excluding hydrogens is 387 g/mol. The van der Waals surface area contributed by atoms with E-state index in [9.17, 15) is 18.0 Å². The summed E-state index contributed by atoms with van der Waals surface area (Å²) >= 11 is 0. The first-order valence-corrected chi connectivity index (χ1v) is 10.7. The standard InChI is InChI=1S/C25H28F3NO/c1-2-3-4-5-9-24(30)29-22-14-15-23-19(7-6-8-20(23)17-22)16-18-10-12-21(13-11-18)25(26,27)28/h10-17H,2-9H2,1H3,(H,29,30)/b19-16-. The van der Waals surface area contributed by atoms with Gasteiger partial charge in [-0.3, -0.25) is 4.79 Å². The Morgan fingerprint density at radius 1 is 1.03 bits per heavy atom. The summed E-state index contributed by atoms with van der Waals surface area (Å²) in [6.45, 7) is 2.15. The van der Waals surface area contributed by atoms with E-state index in [4.69, 9.17) is 0 Å². The highest BCUT2D eigenvalue weighted by atomic mass is 19.4. The van der Waals surface area contributed by atoms with Crippen LogP contribution in [0.2, 0.25) is 0 Å². The van der Waals surface area contributed by atoms with E-state index >= 15 is 0 Å². The van der Waals surface area contributed by atoms with Crippen molar-refractivity contribution in [1.29, 1.82) is 0 Å². The van der Waals surface area contributed by atoms with Gasteiger partial charge in [0.05, 0.1) is 5.56 Å². The lowest BCUT2D eigenvalue weighted by molar-refractivity contribution is -0.137. The van der Waals surface area contributed by atoms with Crippen molar-refractivity contribution in [3.05, 3.63) is 64.7 Å². The van der Waals surface area contributed by atoms with Crippen LogP contribution in [0.15, 0.2) is 42.5 Å². The number of alkyl halides is 3. The van der Waals surface area contributed by atoms with Crippen LogP contribution >= 0.6 is 0 Å². The predicted molar refractivity (Wildman–Crippen MR) is 116 cm³/mol. The third kappa shape index (κ3) is 5.97. The summed E-state index contributed by atoms with van der Waals surface area (Å²) in [5, 5.41) is 2.99. The van der Waals surface area contributed by atoms with Gasteiger partial charge in [-0.25, -0.2) is 0 Å². The van der Waals surface area contributed by atoms with Crippen LogP contribution in [0.5, 0.6) is 0 Å². The third-order valence-corrected chi connectivity index (χ3v) is 5.46. The molecule has 1 aliphatic rings. The number of halogens is 3. The summed E-state index contributed by atoms with van der Waals surface area (Å²) in [4.78, 5) is 12.1. The Bertz CT molecular complexity index is 898. The topological polar surface area (TPSA) is 29.1 Å². The molecule has 0 fully saturated rings. The molecule has 0 radical (unpaired) electrons. The van der Waals surface area contributed by atoms with E-state index in [1.807, 2.05) is 24.3 Å². The summed E-state index contributed by atoms with van der Waals surface area (Å²) in [5.41, 5.74) is 4.34. The van der Waals surface area contributed by atoms with Crippen LogP contribution in [0.1, 0.15) is 74.1 Å². The molecule has 1 aliphatic carbocycles. The van der Waals surface area contributed by atoms with Crippen LogP contribution in [-0.4, -0.2) is 5.91 Å². The minimum Gasteiger partial charge on any atom is -0.326 e. The molecule has 0 spiro atoms. The Morgan fingerprint density at radius 3 is 2.50 bits per heavy atom. The number of rotatable bonds is 7. The molecule has 0 unspecified atom stereocenters. The molecule has 0 aromatic heterocycles. The number of benzene rings is 2. The molecule has 1 N–H and O–H groups in total. The first-order valence-electron chi connectivity index (χ1n) is 10.7. The molecule has 3 rings (SSSR count). The number of nitrogens with one attached hydrogen (secondary N) is 1. The molecule has 2 aromatic carbocycles. The van der Waals surface area contributed by atoms with Crippen molar-refractivity contribution in [3.63, 3.8) is 0 Å². The number of anilines is 1. The van der Waals surface area contributed by atoms with E-state index in [2.05, 4.69) is 12.2 Å². The van der Waals surface area contributed by atoms with Crippen molar-refractivity contribution < 1.29 is 18.0 Å².